The average Bonchev–Trinajstić information content (AvgIpc) is 2.38. The van der Waals surface area contributed by atoms with Crippen LogP contribution < -0.4 is 5.32 Å². The topological polar surface area (TPSA) is 55.4 Å². The first kappa shape index (κ1) is 16.4. The van der Waals surface area contributed by atoms with Crippen LogP contribution in [-0.4, -0.2) is 18.9 Å². The quantitative estimate of drug-likeness (QED) is 0.673. The molecule has 1 aromatic rings. The van der Waals surface area contributed by atoms with Crippen LogP contribution in [0.2, 0.25) is 0 Å². The number of hydrogen-bond donors (Lipinski definition) is 1. The Morgan fingerprint density at radius 1 is 1.20 bits per heavy atom. The second-order valence-electron chi connectivity index (χ2n) is 5.30. The van der Waals surface area contributed by atoms with E-state index in [1.54, 1.807) is 32.9 Å². The molecule has 1 N–H and O–H groups in total. The molecule has 0 fully saturated rings. The molecular formula is C15H18BrNO3. The number of allylic oxidation sites excluding steroid dienone is 1. The lowest BCUT2D eigenvalue weighted by Crippen LogP contribution is -2.22. The number of hydrogen-bond acceptors (Lipinski definition) is 4. The number of nitrogens with one attached hydrogen (secondary N) is 1. The van der Waals surface area contributed by atoms with Gasteiger partial charge in [0.2, 0.25) is 0 Å². The second kappa shape index (κ2) is 6.70. The summed E-state index contributed by atoms with van der Waals surface area (Å²) in [6.45, 7) is 5.38. The first-order valence-electron chi connectivity index (χ1n) is 6.11. The second-order valence-corrected chi connectivity index (χ2v) is 6.21. The number of ketones is 1. The van der Waals surface area contributed by atoms with Gasteiger partial charge in [-0.25, -0.2) is 4.79 Å². The molecule has 0 aliphatic rings. The van der Waals surface area contributed by atoms with Crippen LogP contribution in [0.15, 0.2) is 40.5 Å². The van der Waals surface area contributed by atoms with E-state index in [0.717, 1.165) is 4.47 Å². The number of carbonyl (C=O) groups excluding carboxylic acids is 2. The number of carbonyl (C=O) groups is 2. The zero-order valence-corrected chi connectivity index (χ0v) is 13.6. The highest BCUT2D eigenvalue weighted by atomic mass is 79.9. The Bertz CT molecular complexity index is 527. The van der Waals surface area contributed by atoms with Gasteiger partial charge in [-0.2, -0.15) is 0 Å². The van der Waals surface area contributed by atoms with Crippen LogP contribution in [0.25, 0.3) is 0 Å². The van der Waals surface area contributed by atoms with E-state index in [-0.39, 0.29) is 11.5 Å². The molecule has 1 rings (SSSR count). The SMILES string of the molecule is COC(=O)C(=CC(=O)C(C)(C)C)Nc1ccc(Br)cc1. The van der Waals surface area contributed by atoms with E-state index in [9.17, 15) is 9.59 Å². The van der Waals surface area contributed by atoms with Crippen molar-refractivity contribution < 1.29 is 14.3 Å². The number of benzene rings is 1. The van der Waals surface area contributed by atoms with Crippen LogP contribution in [0.1, 0.15) is 20.8 Å². The Labute approximate surface area is 127 Å². The fourth-order valence-electron chi connectivity index (χ4n) is 1.29. The summed E-state index contributed by atoms with van der Waals surface area (Å²) in [5, 5.41) is 2.90. The van der Waals surface area contributed by atoms with Crippen LogP contribution in [0.3, 0.4) is 0 Å². The van der Waals surface area contributed by atoms with Crippen molar-refractivity contribution in [3.05, 3.63) is 40.5 Å². The molecule has 0 aliphatic heterocycles. The minimum atomic E-state index is -0.578. The fraction of sp³-hybridized carbons (Fsp3) is 0.333. The van der Waals surface area contributed by atoms with Gasteiger partial charge in [0.05, 0.1) is 7.11 Å². The zero-order chi connectivity index (χ0) is 15.3. The first-order chi connectivity index (χ1) is 9.24. The van der Waals surface area contributed by atoms with Gasteiger partial charge in [-0.1, -0.05) is 36.7 Å². The first-order valence-corrected chi connectivity index (χ1v) is 6.90. The Morgan fingerprint density at radius 2 is 1.75 bits per heavy atom. The van der Waals surface area contributed by atoms with Crippen molar-refractivity contribution in [3.63, 3.8) is 0 Å². The summed E-state index contributed by atoms with van der Waals surface area (Å²) in [4.78, 5) is 23.7. The number of ether oxygens (including phenoxy) is 1. The molecule has 0 heterocycles. The van der Waals surface area contributed by atoms with Gasteiger partial charge in [0.1, 0.15) is 5.70 Å². The summed E-state index contributed by atoms with van der Waals surface area (Å²) in [5.74, 6) is -0.729. The van der Waals surface area contributed by atoms with Gasteiger partial charge in [-0.3, -0.25) is 4.79 Å². The van der Waals surface area contributed by atoms with Gasteiger partial charge in [-0.05, 0) is 24.3 Å². The molecule has 0 saturated carbocycles. The van der Waals surface area contributed by atoms with Crippen molar-refractivity contribution in [2.75, 3.05) is 12.4 Å². The number of halogens is 1. The lowest BCUT2D eigenvalue weighted by molar-refractivity contribution is -0.136. The number of anilines is 1. The Balaban J connectivity index is 3.02. The number of methoxy groups -OCH3 is 1. The normalized spacial score (nSPS) is 11.9. The molecule has 5 heteroatoms. The van der Waals surface area contributed by atoms with Crippen molar-refractivity contribution in [1.29, 1.82) is 0 Å². The highest BCUT2D eigenvalue weighted by molar-refractivity contribution is 9.10. The van der Waals surface area contributed by atoms with Crippen LogP contribution >= 0.6 is 15.9 Å². The van der Waals surface area contributed by atoms with Gasteiger partial charge < -0.3 is 10.1 Å². The van der Waals surface area contributed by atoms with E-state index < -0.39 is 11.4 Å². The van der Waals surface area contributed by atoms with Gasteiger partial charge in [0.25, 0.3) is 0 Å². The summed E-state index contributed by atoms with van der Waals surface area (Å²) in [6.07, 6.45) is 1.29. The molecule has 0 amide bonds. The molecule has 0 bridgehead atoms. The van der Waals surface area contributed by atoms with Crippen LogP contribution in [0, 0.1) is 5.41 Å². The van der Waals surface area contributed by atoms with Crippen LogP contribution in [-0.2, 0) is 14.3 Å². The maximum atomic E-state index is 12.0. The maximum Gasteiger partial charge on any atom is 0.354 e. The van der Waals surface area contributed by atoms with Gasteiger partial charge in [0.15, 0.2) is 5.78 Å². The van der Waals surface area contributed by atoms with Crippen LogP contribution in [0.5, 0.6) is 0 Å². The van der Waals surface area contributed by atoms with Gasteiger partial charge in [0, 0.05) is 21.7 Å². The molecule has 0 unspecified atom stereocenters. The molecule has 0 atom stereocenters. The maximum absolute atomic E-state index is 12.0. The van der Waals surface area contributed by atoms with Gasteiger partial charge in [-0.15, -0.1) is 0 Å². The van der Waals surface area contributed by atoms with E-state index in [0.29, 0.717) is 5.69 Å². The number of esters is 1. The molecule has 0 aromatic heterocycles. The molecule has 0 saturated heterocycles. The molecule has 20 heavy (non-hydrogen) atoms. The molecule has 0 spiro atoms. The lowest BCUT2D eigenvalue weighted by atomic mass is 9.90. The molecule has 108 valence electrons. The Kier molecular flexibility index (Phi) is 5.51. The van der Waals surface area contributed by atoms with Crippen molar-refractivity contribution in [3.8, 4) is 0 Å². The van der Waals surface area contributed by atoms with Gasteiger partial charge >= 0.3 is 5.97 Å². The lowest BCUT2D eigenvalue weighted by Gasteiger charge is -2.15. The summed E-state index contributed by atoms with van der Waals surface area (Å²) < 4.78 is 5.62. The highest BCUT2D eigenvalue weighted by Crippen LogP contribution is 2.19. The summed E-state index contributed by atoms with van der Waals surface area (Å²) >= 11 is 3.33. The fourth-order valence-corrected chi connectivity index (χ4v) is 1.56. The summed E-state index contributed by atoms with van der Waals surface area (Å²) in [5.41, 5.74) is 0.266. The third-order valence-electron chi connectivity index (χ3n) is 2.54. The summed E-state index contributed by atoms with van der Waals surface area (Å²) in [6, 6.07) is 7.26. The van der Waals surface area contributed by atoms with E-state index in [1.807, 2.05) is 12.1 Å². The Morgan fingerprint density at radius 3 is 2.20 bits per heavy atom. The monoisotopic (exact) mass is 339 g/mol. The molecule has 0 radical (unpaired) electrons. The van der Waals surface area contributed by atoms with E-state index >= 15 is 0 Å². The standard InChI is InChI=1S/C15H18BrNO3/c1-15(2,3)13(18)9-12(14(19)20-4)17-11-7-5-10(16)6-8-11/h5-9,17H,1-4H3. The third-order valence-corrected chi connectivity index (χ3v) is 3.07. The van der Waals surface area contributed by atoms with Crippen molar-refractivity contribution in [1.82, 2.24) is 0 Å². The van der Waals surface area contributed by atoms with Crippen LogP contribution in [0.4, 0.5) is 5.69 Å². The van der Waals surface area contributed by atoms with E-state index in [1.165, 1.54) is 13.2 Å². The molecule has 0 aliphatic carbocycles. The largest absolute Gasteiger partial charge is 0.464 e. The van der Waals surface area contributed by atoms with E-state index in [4.69, 9.17) is 4.74 Å². The molecular weight excluding hydrogens is 322 g/mol. The zero-order valence-electron chi connectivity index (χ0n) is 12.0. The summed E-state index contributed by atoms with van der Waals surface area (Å²) in [7, 11) is 1.28. The third kappa shape index (κ3) is 4.81. The molecule has 4 nitrogen and oxygen atoms in total. The number of rotatable bonds is 4. The molecule has 1 aromatic carbocycles. The van der Waals surface area contributed by atoms with Crippen molar-refractivity contribution in [2.24, 2.45) is 5.41 Å². The van der Waals surface area contributed by atoms with Crippen molar-refractivity contribution >= 4 is 33.4 Å². The Hall–Kier alpha value is -1.62. The minimum Gasteiger partial charge on any atom is -0.464 e. The van der Waals surface area contributed by atoms with E-state index in [2.05, 4.69) is 21.2 Å². The average molecular weight is 340 g/mol. The predicted molar refractivity (Wildman–Crippen MR) is 82.3 cm³/mol. The predicted octanol–water partition coefficient (Wildman–Crippen LogP) is 3.53. The smallest absolute Gasteiger partial charge is 0.354 e. The minimum absolute atomic E-state index is 0.120. The highest BCUT2D eigenvalue weighted by Gasteiger charge is 2.22. The van der Waals surface area contributed by atoms with Crippen molar-refractivity contribution in [2.45, 2.75) is 20.8 Å².